The Morgan fingerprint density at radius 2 is 2.35 bits per heavy atom. The predicted molar refractivity (Wildman–Crippen MR) is 67.7 cm³/mol. The van der Waals surface area contributed by atoms with Crippen LogP contribution in [0.5, 0.6) is 0 Å². The van der Waals surface area contributed by atoms with Crippen molar-refractivity contribution in [3.8, 4) is 0 Å². The summed E-state index contributed by atoms with van der Waals surface area (Å²) >= 11 is 0. The Labute approximate surface area is 103 Å². The van der Waals surface area contributed by atoms with Gasteiger partial charge >= 0.3 is 0 Å². The van der Waals surface area contributed by atoms with Crippen LogP contribution in [-0.2, 0) is 11.3 Å². The first kappa shape index (κ1) is 12.4. The number of anilines is 1. The molecule has 2 N–H and O–H groups in total. The van der Waals surface area contributed by atoms with E-state index < -0.39 is 0 Å². The lowest BCUT2D eigenvalue weighted by Gasteiger charge is -2.16. The van der Waals surface area contributed by atoms with Gasteiger partial charge in [-0.05, 0) is 25.8 Å². The molecule has 1 fully saturated rings. The van der Waals surface area contributed by atoms with E-state index in [9.17, 15) is 0 Å². The highest BCUT2D eigenvalue weighted by molar-refractivity contribution is 5.30. The van der Waals surface area contributed by atoms with Gasteiger partial charge in [-0.1, -0.05) is 0 Å². The molecule has 1 aromatic heterocycles. The molecule has 96 valence electrons. The molecule has 1 heterocycles. The molecule has 1 aromatic rings. The van der Waals surface area contributed by atoms with Gasteiger partial charge in [-0.15, -0.1) is 0 Å². The van der Waals surface area contributed by atoms with Crippen molar-refractivity contribution in [2.24, 2.45) is 5.92 Å². The lowest BCUT2D eigenvalue weighted by molar-refractivity contribution is 0.102. The van der Waals surface area contributed by atoms with Crippen LogP contribution in [0.25, 0.3) is 0 Å². The molecule has 0 spiro atoms. The molecule has 2 rings (SSSR count). The molecule has 1 aliphatic rings. The Hall–Kier alpha value is -1.07. The molecule has 0 aliphatic heterocycles. The van der Waals surface area contributed by atoms with Crippen molar-refractivity contribution >= 4 is 5.69 Å². The van der Waals surface area contributed by atoms with E-state index in [1.54, 1.807) is 6.20 Å². The zero-order chi connectivity index (χ0) is 12.1. The second-order valence-electron chi connectivity index (χ2n) is 4.86. The molecule has 1 aliphatic carbocycles. The summed E-state index contributed by atoms with van der Waals surface area (Å²) in [5, 5.41) is 4.15. The minimum Gasteiger partial charge on any atom is -0.396 e. The fourth-order valence-electron chi connectivity index (χ4n) is 1.64. The Morgan fingerprint density at radius 3 is 3.00 bits per heavy atom. The van der Waals surface area contributed by atoms with Crippen LogP contribution in [0.3, 0.4) is 0 Å². The first-order chi connectivity index (χ1) is 8.24. The fraction of sp³-hybridized carbons (Fsp3) is 0.750. The summed E-state index contributed by atoms with van der Waals surface area (Å²) in [6, 6.07) is 0. The number of hydrogen-bond donors (Lipinski definition) is 1. The molecule has 5 nitrogen and oxygen atoms in total. The van der Waals surface area contributed by atoms with Crippen LogP contribution < -0.4 is 5.73 Å². The predicted octanol–water partition coefficient (Wildman–Crippen LogP) is 0.824. The standard InChI is InChI=1S/C12H22N4O/c1-15(6-7-17-10-11-2-3-11)4-5-16-9-12(13)8-14-16/h8-9,11H,2-7,10,13H2,1H3. The highest BCUT2D eigenvalue weighted by Gasteiger charge is 2.20. The van der Waals surface area contributed by atoms with E-state index in [1.807, 2.05) is 10.9 Å². The van der Waals surface area contributed by atoms with Crippen molar-refractivity contribution in [1.29, 1.82) is 0 Å². The summed E-state index contributed by atoms with van der Waals surface area (Å²) in [6.07, 6.45) is 6.25. The van der Waals surface area contributed by atoms with Crippen molar-refractivity contribution in [3.05, 3.63) is 12.4 Å². The molecule has 0 radical (unpaired) electrons. The Morgan fingerprint density at radius 1 is 1.53 bits per heavy atom. The highest BCUT2D eigenvalue weighted by atomic mass is 16.5. The quantitative estimate of drug-likeness (QED) is 0.681. The smallest absolute Gasteiger partial charge is 0.0719 e. The Bertz CT molecular complexity index is 335. The summed E-state index contributed by atoms with van der Waals surface area (Å²) in [4.78, 5) is 2.25. The van der Waals surface area contributed by atoms with Gasteiger partial charge < -0.3 is 15.4 Å². The number of ether oxygens (including phenoxy) is 1. The molecular formula is C12H22N4O. The van der Waals surface area contributed by atoms with Gasteiger partial charge in [-0.2, -0.15) is 5.10 Å². The van der Waals surface area contributed by atoms with Crippen LogP contribution in [0.15, 0.2) is 12.4 Å². The van der Waals surface area contributed by atoms with E-state index in [1.165, 1.54) is 12.8 Å². The van der Waals surface area contributed by atoms with Crippen molar-refractivity contribution in [2.75, 3.05) is 39.1 Å². The van der Waals surface area contributed by atoms with Crippen LogP contribution >= 0.6 is 0 Å². The van der Waals surface area contributed by atoms with Gasteiger partial charge in [0.15, 0.2) is 0 Å². The van der Waals surface area contributed by atoms with Crippen LogP contribution in [0.1, 0.15) is 12.8 Å². The number of nitrogens with two attached hydrogens (primary N) is 1. The summed E-state index contributed by atoms with van der Waals surface area (Å²) in [7, 11) is 2.10. The second-order valence-corrected chi connectivity index (χ2v) is 4.86. The lowest BCUT2D eigenvalue weighted by atomic mass is 10.4. The van der Waals surface area contributed by atoms with Gasteiger partial charge in [0.1, 0.15) is 0 Å². The minimum atomic E-state index is 0.723. The molecular weight excluding hydrogens is 216 g/mol. The normalized spacial score (nSPS) is 15.6. The Kier molecular flexibility index (Phi) is 4.39. The SMILES string of the molecule is CN(CCOCC1CC1)CCn1cc(N)cn1. The number of hydrogen-bond acceptors (Lipinski definition) is 4. The maximum Gasteiger partial charge on any atom is 0.0719 e. The number of aromatic nitrogens is 2. The van der Waals surface area contributed by atoms with Gasteiger partial charge in [0, 0.05) is 25.9 Å². The largest absolute Gasteiger partial charge is 0.396 e. The Balaban J connectivity index is 1.52. The summed E-state index contributed by atoms with van der Waals surface area (Å²) in [5.74, 6) is 0.854. The van der Waals surface area contributed by atoms with Gasteiger partial charge in [-0.25, -0.2) is 0 Å². The van der Waals surface area contributed by atoms with Crippen molar-refractivity contribution in [1.82, 2.24) is 14.7 Å². The van der Waals surface area contributed by atoms with E-state index in [4.69, 9.17) is 10.5 Å². The maximum absolute atomic E-state index is 5.60. The van der Waals surface area contributed by atoms with E-state index in [0.29, 0.717) is 0 Å². The number of likely N-dealkylation sites (N-methyl/N-ethyl adjacent to an activating group) is 1. The molecule has 17 heavy (non-hydrogen) atoms. The summed E-state index contributed by atoms with van der Waals surface area (Å²) < 4.78 is 7.47. The second kappa shape index (κ2) is 6.02. The van der Waals surface area contributed by atoms with Crippen molar-refractivity contribution in [3.63, 3.8) is 0 Å². The summed E-state index contributed by atoms with van der Waals surface area (Å²) in [5.41, 5.74) is 6.32. The molecule has 0 unspecified atom stereocenters. The van der Waals surface area contributed by atoms with E-state index in [2.05, 4.69) is 17.0 Å². The van der Waals surface area contributed by atoms with Gasteiger partial charge in [0.2, 0.25) is 0 Å². The average Bonchev–Trinajstić information content (AvgIpc) is 3.04. The van der Waals surface area contributed by atoms with Crippen molar-refractivity contribution < 1.29 is 4.74 Å². The zero-order valence-electron chi connectivity index (χ0n) is 10.5. The third-order valence-electron chi connectivity index (χ3n) is 3.03. The van der Waals surface area contributed by atoms with Gasteiger partial charge in [0.25, 0.3) is 0 Å². The lowest BCUT2D eigenvalue weighted by Crippen LogP contribution is -2.27. The van der Waals surface area contributed by atoms with Crippen LogP contribution in [0.2, 0.25) is 0 Å². The minimum absolute atomic E-state index is 0.723. The molecule has 0 amide bonds. The van der Waals surface area contributed by atoms with E-state index in [-0.39, 0.29) is 0 Å². The zero-order valence-corrected chi connectivity index (χ0v) is 10.5. The molecule has 0 atom stereocenters. The third-order valence-corrected chi connectivity index (χ3v) is 3.03. The number of nitrogen functional groups attached to an aromatic ring is 1. The molecule has 5 heteroatoms. The molecule has 0 aromatic carbocycles. The molecule has 0 bridgehead atoms. The van der Waals surface area contributed by atoms with Crippen molar-refractivity contribution in [2.45, 2.75) is 19.4 Å². The first-order valence-corrected chi connectivity index (χ1v) is 6.28. The first-order valence-electron chi connectivity index (χ1n) is 6.28. The van der Waals surface area contributed by atoms with Crippen LogP contribution in [-0.4, -0.2) is 48.0 Å². The monoisotopic (exact) mass is 238 g/mol. The van der Waals surface area contributed by atoms with Crippen LogP contribution in [0.4, 0.5) is 5.69 Å². The maximum atomic E-state index is 5.60. The number of nitrogens with zero attached hydrogens (tertiary/aromatic N) is 3. The van der Waals surface area contributed by atoms with Gasteiger partial charge in [0.05, 0.1) is 25.0 Å². The molecule has 1 saturated carbocycles. The fourth-order valence-corrected chi connectivity index (χ4v) is 1.64. The van der Waals surface area contributed by atoms with E-state index >= 15 is 0 Å². The van der Waals surface area contributed by atoms with Gasteiger partial charge in [-0.3, -0.25) is 4.68 Å². The number of rotatable bonds is 8. The molecule has 0 saturated heterocycles. The average molecular weight is 238 g/mol. The third kappa shape index (κ3) is 4.75. The van der Waals surface area contributed by atoms with Crippen LogP contribution in [0, 0.1) is 5.92 Å². The topological polar surface area (TPSA) is 56.3 Å². The summed E-state index contributed by atoms with van der Waals surface area (Å²) in [6.45, 7) is 4.59. The van der Waals surface area contributed by atoms with E-state index in [0.717, 1.165) is 44.5 Å². The highest BCUT2D eigenvalue weighted by Crippen LogP contribution is 2.28.